The number of aromatic nitrogens is 1. The Hall–Kier alpha value is -3.82. The second-order valence-corrected chi connectivity index (χ2v) is 10.7. The summed E-state index contributed by atoms with van der Waals surface area (Å²) in [7, 11) is 0. The number of nitrogens with zero attached hydrogens (tertiary/aromatic N) is 2. The molecule has 2 bridgehead atoms. The van der Waals surface area contributed by atoms with Crippen LogP contribution in [0.15, 0.2) is 65.5 Å². The number of carbonyl (C=O) groups is 2. The number of nitrogens with one attached hydrogen (secondary N) is 3. The number of rotatable bonds is 9. The number of hydrogen-bond donors (Lipinski definition) is 3. The van der Waals surface area contributed by atoms with Crippen molar-refractivity contribution in [3.05, 3.63) is 87.3 Å². The van der Waals surface area contributed by atoms with Gasteiger partial charge in [0.2, 0.25) is 0 Å². The van der Waals surface area contributed by atoms with Gasteiger partial charge in [-0.1, -0.05) is 17.7 Å². The molecule has 2 atom stereocenters. The standard InChI is InChI=1S/C30H34ClN5O4/c1-2-40-14-4-13-32-29(38)21-7-12-27(25(16-21)34-30(39)33-24-10-8-23(31)9-11-24)35-17-20-15-22(19-35)26-5-3-6-28(37)36(26)18-20/h3,5-12,16,20,22H,2,4,13-15,17-19H2,1H3,(H,32,38)(H2,33,34,39)/t20-,22+/m1/s1. The molecule has 40 heavy (non-hydrogen) atoms. The molecule has 3 N–H and O–H groups in total. The number of ether oxygens (including phenoxy) is 1. The molecule has 1 aromatic heterocycles. The molecule has 2 aromatic carbocycles. The number of anilines is 3. The molecule has 9 nitrogen and oxygen atoms in total. The third kappa shape index (κ3) is 6.48. The fourth-order valence-corrected chi connectivity index (χ4v) is 5.71. The van der Waals surface area contributed by atoms with E-state index in [1.54, 1.807) is 42.5 Å². The van der Waals surface area contributed by atoms with Crippen LogP contribution in [0, 0.1) is 5.92 Å². The van der Waals surface area contributed by atoms with Crippen LogP contribution >= 0.6 is 11.6 Å². The van der Waals surface area contributed by atoms with Gasteiger partial charge in [0.15, 0.2) is 0 Å². The molecule has 2 aliphatic heterocycles. The van der Waals surface area contributed by atoms with Gasteiger partial charge < -0.3 is 30.2 Å². The lowest BCUT2D eigenvalue weighted by atomic mass is 9.83. The molecule has 3 heterocycles. The van der Waals surface area contributed by atoms with Crippen LogP contribution in [0.1, 0.15) is 41.7 Å². The van der Waals surface area contributed by atoms with Crippen molar-refractivity contribution >= 4 is 40.6 Å². The molecule has 0 spiro atoms. The summed E-state index contributed by atoms with van der Waals surface area (Å²) in [5.74, 6) is 0.286. The number of carbonyl (C=O) groups excluding carboxylic acids is 2. The van der Waals surface area contributed by atoms with Crippen molar-refractivity contribution in [1.82, 2.24) is 9.88 Å². The summed E-state index contributed by atoms with van der Waals surface area (Å²) in [6.07, 6.45) is 1.73. The van der Waals surface area contributed by atoms with Crippen LogP contribution in [0.5, 0.6) is 0 Å². The van der Waals surface area contributed by atoms with Gasteiger partial charge in [-0.25, -0.2) is 4.79 Å². The molecule has 0 saturated carbocycles. The zero-order valence-electron chi connectivity index (χ0n) is 22.5. The highest BCUT2D eigenvalue weighted by molar-refractivity contribution is 6.30. The summed E-state index contributed by atoms with van der Waals surface area (Å²) in [6, 6.07) is 17.3. The van der Waals surface area contributed by atoms with Crippen molar-refractivity contribution in [3.8, 4) is 0 Å². The quantitative estimate of drug-likeness (QED) is 0.320. The molecule has 10 heteroatoms. The number of pyridine rings is 1. The molecule has 0 aliphatic carbocycles. The minimum absolute atomic E-state index is 0.0403. The van der Waals surface area contributed by atoms with E-state index in [4.69, 9.17) is 16.3 Å². The van der Waals surface area contributed by atoms with Gasteiger partial charge in [-0.3, -0.25) is 9.59 Å². The van der Waals surface area contributed by atoms with Crippen LogP contribution in [-0.2, 0) is 11.3 Å². The first-order valence-electron chi connectivity index (χ1n) is 13.7. The molecule has 210 valence electrons. The summed E-state index contributed by atoms with van der Waals surface area (Å²) in [5.41, 5.74) is 3.52. The van der Waals surface area contributed by atoms with E-state index in [9.17, 15) is 14.4 Å². The average Bonchev–Trinajstić information content (AvgIpc) is 2.94. The molecule has 0 unspecified atom stereocenters. The Morgan fingerprint density at radius 2 is 1.85 bits per heavy atom. The average molecular weight is 564 g/mol. The van der Waals surface area contributed by atoms with E-state index in [-0.39, 0.29) is 17.4 Å². The summed E-state index contributed by atoms with van der Waals surface area (Å²) in [5, 5.41) is 9.30. The van der Waals surface area contributed by atoms with Gasteiger partial charge in [-0.15, -0.1) is 0 Å². The highest BCUT2D eigenvalue weighted by Crippen LogP contribution is 2.39. The summed E-state index contributed by atoms with van der Waals surface area (Å²) < 4.78 is 7.24. The number of halogens is 1. The fraction of sp³-hybridized carbons (Fsp3) is 0.367. The lowest BCUT2D eigenvalue weighted by Gasteiger charge is -2.44. The minimum atomic E-state index is -0.424. The van der Waals surface area contributed by atoms with Gasteiger partial charge in [0.25, 0.3) is 11.5 Å². The van der Waals surface area contributed by atoms with E-state index in [0.717, 1.165) is 24.3 Å². The summed E-state index contributed by atoms with van der Waals surface area (Å²) >= 11 is 5.98. The smallest absolute Gasteiger partial charge is 0.323 e. The van der Waals surface area contributed by atoms with Crippen molar-refractivity contribution in [3.63, 3.8) is 0 Å². The number of amides is 3. The van der Waals surface area contributed by atoms with Gasteiger partial charge >= 0.3 is 6.03 Å². The Kier molecular flexibility index (Phi) is 8.72. The fourth-order valence-electron chi connectivity index (χ4n) is 5.59. The molecule has 5 rings (SSSR count). The van der Waals surface area contributed by atoms with E-state index in [1.807, 2.05) is 29.7 Å². The van der Waals surface area contributed by atoms with Crippen LogP contribution in [0.3, 0.4) is 0 Å². The largest absolute Gasteiger partial charge is 0.382 e. The van der Waals surface area contributed by atoms with Crippen LogP contribution in [0.25, 0.3) is 0 Å². The molecule has 0 radical (unpaired) electrons. The molecule has 2 aliphatic rings. The van der Waals surface area contributed by atoms with E-state index in [2.05, 4.69) is 20.9 Å². The lowest BCUT2D eigenvalue weighted by molar-refractivity contribution is 0.0944. The van der Waals surface area contributed by atoms with Gasteiger partial charge in [0, 0.05) is 73.3 Å². The maximum atomic E-state index is 13.0. The molecular formula is C30H34ClN5O4. The molecule has 1 saturated heterocycles. The predicted octanol–water partition coefficient (Wildman–Crippen LogP) is 4.93. The van der Waals surface area contributed by atoms with Gasteiger partial charge in [-0.2, -0.15) is 0 Å². The zero-order chi connectivity index (χ0) is 28.1. The van der Waals surface area contributed by atoms with E-state index >= 15 is 0 Å². The first-order valence-corrected chi connectivity index (χ1v) is 14.1. The van der Waals surface area contributed by atoms with Gasteiger partial charge in [0.05, 0.1) is 11.4 Å². The number of piperidine rings is 1. The van der Waals surface area contributed by atoms with Crippen molar-refractivity contribution in [1.29, 1.82) is 0 Å². The Labute approximate surface area is 238 Å². The molecular weight excluding hydrogens is 530 g/mol. The Morgan fingerprint density at radius 1 is 1.02 bits per heavy atom. The van der Waals surface area contributed by atoms with E-state index in [0.29, 0.717) is 67.1 Å². The molecule has 1 fully saturated rings. The number of benzene rings is 2. The molecule has 3 aromatic rings. The van der Waals surface area contributed by atoms with Crippen molar-refractivity contribution in [2.75, 3.05) is 48.4 Å². The van der Waals surface area contributed by atoms with Gasteiger partial charge in [0.1, 0.15) is 0 Å². The third-order valence-electron chi connectivity index (χ3n) is 7.38. The maximum absolute atomic E-state index is 13.0. The van der Waals surface area contributed by atoms with Crippen molar-refractivity contribution in [2.24, 2.45) is 5.92 Å². The first-order chi connectivity index (χ1) is 19.4. The van der Waals surface area contributed by atoms with Crippen LogP contribution in [-0.4, -0.2) is 49.4 Å². The Balaban J connectivity index is 1.38. The van der Waals surface area contributed by atoms with Gasteiger partial charge in [-0.05, 0) is 74.2 Å². The summed E-state index contributed by atoms with van der Waals surface area (Å²) in [4.78, 5) is 40.7. The van der Waals surface area contributed by atoms with Crippen molar-refractivity contribution in [2.45, 2.75) is 32.2 Å². The topological polar surface area (TPSA) is 105 Å². The first kappa shape index (κ1) is 27.7. The Bertz CT molecular complexity index is 1420. The Morgan fingerprint density at radius 3 is 2.65 bits per heavy atom. The minimum Gasteiger partial charge on any atom is -0.382 e. The highest BCUT2D eigenvalue weighted by Gasteiger charge is 2.35. The van der Waals surface area contributed by atoms with Crippen LogP contribution < -0.4 is 26.4 Å². The van der Waals surface area contributed by atoms with Crippen LogP contribution in [0.2, 0.25) is 5.02 Å². The monoisotopic (exact) mass is 563 g/mol. The second kappa shape index (κ2) is 12.6. The van der Waals surface area contributed by atoms with Crippen molar-refractivity contribution < 1.29 is 14.3 Å². The zero-order valence-corrected chi connectivity index (χ0v) is 23.2. The summed E-state index contributed by atoms with van der Waals surface area (Å²) in [6.45, 7) is 5.78. The van der Waals surface area contributed by atoms with E-state index in [1.165, 1.54) is 0 Å². The maximum Gasteiger partial charge on any atom is 0.323 e. The number of hydrogen-bond acceptors (Lipinski definition) is 5. The predicted molar refractivity (Wildman–Crippen MR) is 158 cm³/mol. The normalized spacial score (nSPS) is 17.6. The molecule has 3 amide bonds. The number of urea groups is 1. The lowest BCUT2D eigenvalue weighted by Crippen LogP contribution is -2.47. The highest BCUT2D eigenvalue weighted by atomic mass is 35.5. The number of fused-ring (bicyclic) bond motifs is 4. The SMILES string of the molecule is CCOCCCNC(=O)c1ccc(N2C[C@H]3C[C@@H](C2)c2cccc(=O)n2C3)c(NC(=O)Nc2ccc(Cl)cc2)c1. The van der Waals surface area contributed by atoms with E-state index < -0.39 is 6.03 Å². The second-order valence-electron chi connectivity index (χ2n) is 10.2. The van der Waals surface area contributed by atoms with Crippen LogP contribution in [0.4, 0.5) is 21.9 Å². The third-order valence-corrected chi connectivity index (χ3v) is 7.64.